The number of aryl methyl sites for hydroxylation is 1. The highest BCUT2D eigenvalue weighted by atomic mass is 32.2. The van der Waals surface area contributed by atoms with Crippen LogP contribution in [0.25, 0.3) is 0 Å². The van der Waals surface area contributed by atoms with Gasteiger partial charge in [-0.15, -0.1) is 0 Å². The fourth-order valence-corrected chi connectivity index (χ4v) is 4.02. The van der Waals surface area contributed by atoms with Gasteiger partial charge in [0, 0.05) is 24.3 Å². The molecule has 0 radical (unpaired) electrons. The van der Waals surface area contributed by atoms with Crippen LogP contribution in [0.3, 0.4) is 0 Å². The molecule has 9 heteroatoms. The van der Waals surface area contributed by atoms with Crippen LogP contribution in [-0.4, -0.2) is 33.3 Å². The summed E-state index contributed by atoms with van der Waals surface area (Å²) in [6, 6.07) is 18.1. The van der Waals surface area contributed by atoms with E-state index in [2.05, 4.69) is 15.4 Å². The van der Waals surface area contributed by atoms with Crippen molar-refractivity contribution in [1.82, 2.24) is 10.6 Å². The number of anilines is 1. The number of amides is 2. The molecule has 0 saturated heterocycles. The van der Waals surface area contributed by atoms with Crippen molar-refractivity contribution >= 4 is 27.5 Å². The van der Waals surface area contributed by atoms with Crippen molar-refractivity contribution in [1.29, 1.82) is 0 Å². The average Bonchev–Trinajstić information content (AvgIpc) is 2.76. The molecule has 0 fully saturated rings. The molecule has 0 unspecified atom stereocenters. The van der Waals surface area contributed by atoms with Gasteiger partial charge in [0.1, 0.15) is 5.82 Å². The minimum Gasteiger partial charge on any atom is -0.350 e. The molecule has 0 atom stereocenters. The number of halogens is 1. The smallest absolute Gasteiger partial charge is 0.261 e. The van der Waals surface area contributed by atoms with Crippen LogP contribution in [0.15, 0.2) is 77.7 Å². The molecule has 0 heterocycles. The third-order valence-corrected chi connectivity index (χ3v) is 5.87. The topological polar surface area (TPSA) is 104 Å². The van der Waals surface area contributed by atoms with E-state index >= 15 is 0 Å². The van der Waals surface area contributed by atoms with E-state index in [4.69, 9.17) is 0 Å². The molecular weight excluding hydrogens is 433 g/mol. The number of hydrogen-bond donors (Lipinski definition) is 3. The molecule has 2 amide bonds. The van der Waals surface area contributed by atoms with Gasteiger partial charge in [0.05, 0.1) is 10.5 Å². The summed E-state index contributed by atoms with van der Waals surface area (Å²) in [6.07, 6.45) is 0. The molecule has 0 saturated carbocycles. The lowest BCUT2D eigenvalue weighted by Gasteiger charge is -2.11. The summed E-state index contributed by atoms with van der Waals surface area (Å²) in [6.45, 7) is 2.00. The Bertz CT molecular complexity index is 1250. The van der Waals surface area contributed by atoms with Gasteiger partial charge in [-0.2, -0.15) is 0 Å². The van der Waals surface area contributed by atoms with Gasteiger partial charge in [-0.1, -0.05) is 30.3 Å². The van der Waals surface area contributed by atoms with Crippen LogP contribution in [0.2, 0.25) is 0 Å². The Morgan fingerprint density at radius 2 is 1.53 bits per heavy atom. The van der Waals surface area contributed by atoms with Gasteiger partial charge in [0.2, 0.25) is 0 Å². The molecule has 3 aromatic rings. The van der Waals surface area contributed by atoms with Crippen molar-refractivity contribution in [3.05, 3.63) is 95.3 Å². The summed E-state index contributed by atoms with van der Waals surface area (Å²) in [5.74, 6) is -1.73. The third-order valence-electron chi connectivity index (χ3n) is 4.49. The molecule has 0 spiro atoms. The van der Waals surface area contributed by atoms with Crippen molar-refractivity contribution in [2.24, 2.45) is 0 Å². The maximum absolute atomic E-state index is 13.6. The van der Waals surface area contributed by atoms with Crippen LogP contribution in [0.5, 0.6) is 0 Å². The average molecular weight is 456 g/mol. The molecule has 166 valence electrons. The van der Waals surface area contributed by atoms with E-state index in [-0.39, 0.29) is 29.1 Å². The van der Waals surface area contributed by atoms with Crippen LogP contribution in [0, 0.1) is 12.7 Å². The van der Waals surface area contributed by atoms with E-state index in [1.807, 2.05) is 13.0 Å². The van der Waals surface area contributed by atoms with Gasteiger partial charge in [-0.3, -0.25) is 14.3 Å². The Labute approximate surface area is 185 Å². The van der Waals surface area contributed by atoms with Crippen LogP contribution in [0.4, 0.5) is 10.1 Å². The highest BCUT2D eigenvalue weighted by Crippen LogP contribution is 2.18. The number of rotatable bonds is 8. The predicted molar refractivity (Wildman–Crippen MR) is 119 cm³/mol. The Kier molecular flexibility index (Phi) is 7.21. The summed E-state index contributed by atoms with van der Waals surface area (Å²) < 4.78 is 41.4. The zero-order valence-electron chi connectivity index (χ0n) is 17.3. The Hall–Kier alpha value is -3.72. The van der Waals surface area contributed by atoms with Gasteiger partial charge in [-0.05, 0) is 55.0 Å². The van der Waals surface area contributed by atoms with Crippen molar-refractivity contribution in [3.63, 3.8) is 0 Å². The summed E-state index contributed by atoms with van der Waals surface area (Å²) in [5, 5.41) is 5.11. The maximum Gasteiger partial charge on any atom is 0.261 e. The molecule has 0 bridgehead atoms. The maximum atomic E-state index is 13.6. The molecule has 3 rings (SSSR count). The fraction of sp³-hybridized carbons (Fsp3) is 0.130. The van der Waals surface area contributed by atoms with Crippen LogP contribution < -0.4 is 15.4 Å². The second-order valence-corrected chi connectivity index (χ2v) is 8.68. The van der Waals surface area contributed by atoms with Crippen molar-refractivity contribution < 1.29 is 22.4 Å². The first kappa shape index (κ1) is 23.0. The van der Waals surface area contributed by atoms with E-state index in [0.29, 0.717) is 5.69 Å². The summed E-state index contributed by atoms with van der Waals surface area (Å²) in [4.78, 5) is 24.3. The molecule has 32 heavy (non-hydrogen) atoms. The first-order valence-corrected chi connectivity index (χ1v) is 11.2. The predicted octanol–water partition coefficient (Wildman–Crippen LogP) is 3.09. The molecule has 0 aliphatic carbocycles. The van der Waals surface area contributed by atoms with E-state index in [1.54, 1.807) is 24.3 Å². The largest absolute Gasteiger partial charge is 0.350 e. The lowest BCUT2D eigenvalue weighted by atomic mass is 10.2. The molecule has 0 aliphatic heterocycles. The molecule has 3 aromatic carbocycles. The quantitative estimate of drug-likeness (QED) is 0.454. The molecule has 0 aromatic heterocycles. The number of hydrogen-bond acceptors (Lipinski definition) is 4. The number of benzene rings is 3. The first-order chi connectivity index (χ1) is 15.3. The molecular formula is C23H22FN3O4S. The van der Waals surface area contributed by atoms with E-state index < -0.39 is 27.7 Å². The van der Waals surface area contributed by atoms with Crippen molar-refractivity contribution in [3.8, 4) is 0 Å². The number of sulfonamides is 1. The van der Waals surface area contributed by atoms with Crippen molar-refractivity contribution in [2.45, 2.75) is 11.8 Å². The lowest BCUT2D eigenvalue weighted by Crippen LogP contribution is -2.35. The van der Waals surface area contributed by atoms with E-state index in [1.165, 1.54) is 42.5 Å². The number of carbonyl (C=O) groups excluding carboxylic acids is 2. The summed E-state index contributed by atoms with van der Waals surface area (Å²) in [7, 11) is -3.88. The van der Waals surface area contributed by atoms with E-state index in [0.717, 1.165) is 5.56 Å². The summed E-state index contributed by atoms with van der Waals surface area (Å²) >= 11 is 0. The second kappa shape index (κ2) is 10.1. The van der Waals surface area contributed by atoms with Gasteiger partial charge in [0.15, 0.2) is 0 Å². The van der Waals surface area contributed by atoms with Crippen molar-refractivity contribution in [2.75, 3.05) is 17.8 Å². The van der Waals surface area contributed by atoms with Crippen LogP contribution in [-0.2, 0) is 10.0 Å². The number of carbonyl (C=O) groups is 2. The Morgan fingerprint density at radius 3 is 2.25 bits per heavy atom. The minimum atomic E-state index is -3.88. The normalized spacial score (nSPS) is 10.9. The van der Waals surface area contributed by atoms with Gasteiger partial charge >= 0.3 is 0 Å². The molecule has 0 aliphatic rings. The zero-order chi connectivity index (χ0) is 23.1. The Balaban J connectivity index is 1.58. The minimum absolute atomic E-state index is 0.0560. The second-order valence-electron chi connectivity index (χ2n) is 6.99. The molecule has 3 N–H and O–H groups in total. The van der Waals surface area contributed by atoms with Gasteiger partial charge < -0.3 is 10.6 Å². The SMILES string of the molecule is Cc1cccc(NS(=O)(=O)c2cccc(C(=O)NCCNC(=O)c3ccccc3F)c2)c1. The van der Waals surface area contributed by atoms with Gasteiger partial charge in [-0.25, -0.2) is 12.8 Å². The number of nitrogens with one attached hydrogen (secondary N) is 3. The Morgan fingerprint density at radius 1 is 0.844 bits per heavy atom. The highest BCUT2D eigenvalue weighted by molar-refractivity contribution is 7.92. The monoisotopic (exact) mass is 455 g/mol. The van der Waals surface area contributed by atoms with Crippen LogP contribution >= 0.6 is 0 Å². The highest BCUT2D eigenvalue weighted by Gasteiger charge is 2.17. The standard InChI is InChI=1S/C23H22FN3O4S/c1-16-6-4-8-18(14-16)27-32(30,31)19-9-5-7-17(15-19)22(28)25-12-13-26-23(29)20-10-2-3-11-21(20)24/h2-11,14-15,27H,12-13H2,1H3,(H,25,28)(H,26,29). The molecule has 7 nitrogen and oxygen atoms in total. The zero-order valence-corrected chi connectivity index (χ0v) is 18.1. The summed E-state index contributed by atoms with van der Waals surface area (Å²) in [5.41, 5.74) is 1.39. The lowest BCUT2D eigenvalue weighted by molar-refractivity contribution is 0.0925. The fourth-order valence-electron chi connectivity index (χ4n) is 2.92. The van der Waals surface area contributed by atoms with E-state index in [9.17, 15) is 22.4 Å². The third kappa shape index (κ3) is 5.92. The van der Waals surface area contributed by atoms with Gasteiger partial charge in [0.25, 0.3) is 21.8 Å². The van der Waals surface area contributed by atoms with Crippen LogP contribution in [0.1, 0.15) is 26.3 Å². The first-order valence-electron chi connectivity index (χ1n) is 9.77.